The molecule has 2 aromatic heterocycles. The number of hydrogen-bond acceptors (Lipinski definition) is 3. The summed E-state index contributed by atoms with van der Waals surface area (Å²) >= 11 is 5.94. The zero-order valence-corrected chi connectivity index (χ0v) is 9.99. The zero-order chi connectivity index (χ0) is 11.5. The van der Waals surface area contributed by atoms with Crippen LogP contribution in [0.1, 0.15) is 11.4 Å². The van der Waals surface area contributed by atoms with Gasteiger partial charge >= 0.3 is 0 Å². The highest BCUT2D eigenvalue weighted by atomic mass is 35.5. The minimum absolute atomic E-state index is 0.633. The van der Waals surface area contributed by atoms with Gasteiger partial charge in [0, 0.05) is 18.9 Å². The average molecular weight is 237 g/mol. The van der Waals surface area contributed by atoms with E-state index < -0.39 is 0 Å². The first-order valence-corrected chi connectivity index (χ1v) is 5.39. The molecule has 0 radical (unpaired) electrons. The molecule has 0 fully saturated rings. The summed E-state index contributed by atoms with van der Waals surface area (Å²) in [5.41, 5.74) is 2.95. The lowest BCUT2D eigenvalue weighted by Gasteiger charge is -2.06. The third kappa shape index (κ3) is 2.17. The molecule has 0 saturated carbocycles. The molecule has 5 heteroatoms. The first kappa shape index (κ1) is 11.0. The maximum atomic E-state index is 5.94. The first-order valence-electron chi connectivity index (χ1n) is 5.01. The predicted octanol–water partition coefficient (Wildman–Crippen LogP) is 2.33. The summed E-state index contributed by atoms with van der Waals surface area (Å²) in [7, 11) is 1.88. The fourth-order valence-corrected chi connectivity index (χ4v) is 1.60. The molecule has 4 nitrogen and oxygen atoms in total. The molecule has 1 N–H and O–H groups in total. The molecule has 0 spiro atoms. The third-order valence-electron chi connectivity index (χ3n) is 2.46. The van der Waals surface area contributed by atoms with Gasteiger partial charge in [-0.2, -0.15) is 5.10 Å². The number of anilines is 1. The third-order valence-corrected chi connectivity index (χ3v) is 2.83. The van der Waals surface area contributed by atoms with Gasteiger partial charge in [-0.05, 0) is 19.1 Å². The Labute approximate surface area is 99.3 Å². The van der Waals surface area contributed by atoms with Crippen LogP contribution in [0.3, 0.4) is 0 Å². The largest absolute Gasteiger partial charge is 0.388 e. The van der Waals surface area contributed by atoms with E-state index in [0.29, 0.717) is 11.6 Å². The molecule has 0 amide bonds. The van der Waals surface area contributed by atoms with Crippen LogP contribution in [0, 0.1) is 6.92 Å². The van der Waals surface area contributed by atoms with E-state index in [9.17, 15) is 0 Å². The quantitative estimate of drug-likeness (QED) is 0.890. The highest BCUT2D eigenvalue weighted by molar-refractivity contribution is 6.31. The maximum absolute atomic E-state index is 5.94. The van der Waals surface area contributed by atoms with Gasteiger partial charge in [0.15, 0.2) is 0 Å². The summed E-state index contributed by atoms with van der Waals surface area (Å²) in [4.78, 5) is 4.29. The Morgan fingerprint density at radius 3 is 2.94 bits per heavy atom. The van der Waals surface area contributed by atoms with E-state index in [4.69, 9.17) is 11.6 Å². The molecule has 84 valence electrons. The standard InChI is InChI=1S/C11H13ClN4/c1-8-11(12)6-15-16(8)7-10-5-9(13-2)3-4-14-10/h3-6H,7H2,1-2H3,(H,13,14). The van der Waals surface area contributed by atoms with E-state index in [1.807, 2.05) is 30.8 Å². The number of nitrogens with zero attached hydrogens (tertiary/aromatic N) is 3. The summed E-state index contributed by atoms with van der Waals surface area (Å²) in [6.45, 7) is 2.57. The first-order chi connectivity index (χ1) is 7.70. The smallest absolute Gasteiger partial charge is 0.0835 e. The second-order valence-corrected chi connectivity index (χ2v) is 3.93. The molecule has 2 heterocycles. The molecule has 2 rings (SSSR count). The molecular formula is C11H13ClN4. The van der Waals surface area contributed by atoms with Crippen LogP contribution in [-0.4, -0.2) is 21.8 Å². The van der Waals surface area contributed by atoms with Gasteiger partial charge in [0.05, 0.1) is 29.2 Å². The van der Waals surface area contributed by atoms with Crippen molar-refractivity contribution in [2.24, 2.45) is 0 Å². The lowest BCUT2D eigenvalue weighted by Crippen LogP contribution is -2.05. The van der Waals surface area contributed by atoms with Crippen LogP contribution in [0.4, 0.5) is 5.69 Å². The second-order valence-electron chi connectivity index (χ2n) is 3.52. The van der Waals surface area contributed by atoms with Gasteiger partial charge in [0.2, 0.25) is 0 Å². The topological polar surface area (TPSA) is 42.7 Å². The Morgan fingerprint density at radius 2 is 2.31 bits per heavy atom. The number of hydrogen-bond donors (Lipinski definition) is 1. The highest BCUT2D eigenvalue weighted by Crippen LogP contribution is 2.15. The number of halogens is 1. The summed E-state index contributed by atoms with van der Waals surface area (Å²) < 4.78 is 1.84. The summed E-state index contributed by atoms with van der Waals surface area (Å²) in [6, 6.07) is 3.92. The molecule has 0 aliphatic heterocycles. The van der Waals surface area contributed by atoms with Crippen molar-refractivity contribution in [2.75, 3.05) is 12.4 Å². The molecule has 0 unspecified atom stereocenters. The predicted molar refractivity (Wildman–Crippen MR) is 64.9 cm³/mol. The van der Waals surface area contributed by atoms with Crippen LogP contribution in [0.2, 0.25) is 5.02 Å². The van der Waals surface area contributed by atoms with Crippen molar-refractivity contribution in [1.82, 2.24) is 14.8 Å². The van der Waals surface area contributed by atoms with Crippen molar-refractivity contribution in [1.29, 1.82) is 0 Å². The van der Waals surface area contributed by atoms with Gasteiger partial charge in [0.25, 0.3) is 0 Å². The van der Waals surface area contributed by atoms with Gasteiger partial charge in [-0.15, -0.1) is 0 Å². The summed E-state index contributed by atoms with van der Waals surface area (Å²) in [5, 5.41) is 7.95. The van der Waals surface area contributed by atoms with Crippen LogP contribution in [0.15, 0.2) is 24.5 Å². The zero-order valence-electron chi connectivity index (χ0n) is 9.24. The van der Waals surface area contributed by atoms with Gasteiger partial charge in [-0.25, -0.2) is 0 Å². The molecule has 16 heavy (non-hydrogen) atoms. The molecule has 0 saturated heterocycles. The molecular weight excluding hydrogens is 224 g/mol. The Kier molecular flexibility index (Phi) is 3.10. The Balaban J connectivity index is 2.23. The molecule has 0 aliphatic rings. The fraction of sp³-hybridized carbons (Fsp3) is 0.273. The SMILES string of the molecule is CNc1ccnc(Cn2ncc(Cl)c2C)c1. The lowest BCUT2D eigenvalue weighted by atomic mass is 10.3. The lowest BCUT2D eigenvalue weighted by molar-refractivity contribution is 0.653. The van der Waals surface area contributed by atoms with E-state index in [1.54, 1.807) is 12.4 Å². The van der Waals surface area contributed by atoms with Crippen LogP contribution < -0.4 is 5.32 Å². The van der Waals surface area contributed by atoms with E-state index >= 15 is 0 Å². The Hall–Kier alpha value is -1.55. The summed E-state index contributed by atoms with van der Waals surface area (Å²) in [6.07, 6.45) is 3.43. The number of nitrogens with one attached hydrogen (secondary N) is 1. The number of pyridine rings is 1. The fourth-order valence-electron chi connectivity index (χ4n) is 1.46. The second kappa shape index (κ2) is 4.53. The van der Waals surface area contributed by atoms with Gasteiger partial charge in [-0.1, -0.05) is 11.6 Å². The van der Waals surface area contributed by atoms with Crippen molar-refractivity contribution >= 4 is 17.3 Å². The van der Waals surface area contributed by atoms with Crippen molar-refractivity contribution in [2.45, 2.75) is 13.5 Å². The normalized spacial score (nSPS) is 10.4. The number of aromatic nitrogens is 3. The maximum Gasteiger partial charge on any atom is 0.0835 e. The summed E-state index contributed by atoms with van der Waals surface area (Å²) in [5.74, 6) is 0. The van der Waals surface area contributed by atoms with Crippen LogP contribution >= 0.6 is 11.6 Å². The minimum atomic E-state index is 0.633. The van der Waals surface area contributed by atoms with E-state index in [-0.39, 0.29) is 0 Å². The van der Waals surface area contributed by atoms with Crippen molar-refractivity contribution in [3.63, 3.8) is 0 Å². The average Bonchev–Trinajstić information content (AvgIpc) is 2.61. The van der Waals surface area contributed by atoms with Crippen molar-refractivity contribution < 1.29 is 0 Å². The molecule has 0 aromatic carbocycles. The van der Waals surface area contributed by atoms with E-state index in [1.165, 1.54) is 0 Å². The van der Waals surface area contributed by atoms with Crippen molar-refractivity contribution in [3.05, 3.63) is 40.9 Å². The van der Waals surface area contributed by atoms with Gasteiger partial charge < -0.3 is 5.32 Å². The molecule has 0 atom stereocenters. The molecule has 0 aliphatic carbocycles. The van der Waals surface area contributed by atoms with Gasteiger partial charge in [0.1, 0.15) is 0 Å². The Bertz CT molecular complexity index is 492. The monoisotopic (exact) mass is 236 g/mol. The number of rotatable bonds is 3. The minimum Gasteiger partial charge on any atom is -0.388 e. The molecule has 2 aromatic rings. The van der Waals surface area contributed by atoms with Crippen LogP contribution in [0.5, 0.6) is 0 Å². The van der Waals surface area contributed by atoms with Gasteiger partial charge in [-0.3, -0.25) is 9.67 Å². The van der Waals surface area contributed by atoms with E-state index in [2.05, 4.69) is 15.4 Å². The van der Waals surface area contributed by atoms with E-state index in [0.717, 1.165) is 17.1 Å². The van der Waals surface area contributed by atoms with Crippen molar-refractivity contribution in [3.8, 4) is 0 Å². The van der Waals surface area contributed by atoms with Crippen LogP contribution in [-0.2, 0) is 6.54 Å². The Morgan fingerprint density at radius 1 is 1.50 bits per heavy atom. The highest BCUT2D eigenvalue weighted by Gasteiger charge is 2.05. The van der Waals surface area contributed by atoms with Crippen LogP contribution in [0.25, 0.3) is 0 Å². The molecule has 0 bridgehead atoms.